The van der Waals surface area contributed by atoms with Crippen LogP contribution in [0.5, 0.6) is 5.75 Å². The second-order valence-corrected chi connectivity index (χ2v) is 3.81. The van der Waals surface area contributed by atoms with Crippen LogP contribution in [0.25, 0.3) is 0 Å². The van der Waals surface area contributed by atoms with Crippen molar-refractivity contribution < 1.29 is 13.9 Å². The molecular weight excluding hydrogens is 245 g/mol. The first-order chi connectivity index (χ1) is 9.20. The van der Waals surface area contributed by atoms with E-state index in [0.29, 0.717) is 16.9 Å². The highest BCUT2D eigenvalue weighted by atomic mass is 19.1. The van der Waals surface area contributed by atoms with Gasteiger partial charge < -0.3 is 4.74 Å². The molecule has 0 N–H and O–H groups in total. The minimum Gasteiger partial charge on any atom is -0.479 e. The molecule has 19 heavy (non-hydrogen) atoms. The lowest BCUT2D eigenvalue weighted by Gasteiger charge is -2.04. The summed E-state index contributed by atoms with van der Waals surface area (Å²) in [6.07, 6.45) is 0. The van der Waals surface area contributed by atoms with Crippen LogP contribution in [0, 0.1) is 17.1 Å². The third kappa shape index (κ3) is 3.17. The molecule has 0 aromatic heterocycles. The van der Waals surface area contributed by atoms with E-state index in [4.69, 9.17) is 10.00 Å². The van der Waals surface area contributed by atoms with E-state index in [9.17, 15) is 9.18 Å². The molecule has 0 saturated heterocycles. The Morgan fingerprint density at radius 2 is 1.89 bits per heavy atom. The third-order valence-corrected chi connectivity index (χ3v) is 2.51. The standard InChI is InChI=1S/C15H10FNO2/c16-13-3-1-2-12(10-13)15(18)11-4-6-14(7-5-11)19-9-8-17/h1-7,10H,9H2. The third-order valence-electron chi connectivity index (χ3n) is 2.51. The van der Waals surface area contributed by atoms with Crippen molar-refractivity contribution in [2.75, 3.05) is 6.61 Å². The lowest BCUT2D eigenvalue weighted by atomic mass is 10.0. The van der Waals surface area contributed by atoms with Gasteiger partial charge in [0.2, 0.25) is 0 Å². The van der Waals surface area contributed by atoms with E-state index in [2.05, 4.69) is 0 Å². The molecule has 3 nitrogen and oxygen atoms in total. The summed E-state index contributed by atoms with van der Waals surface area (Å²) in [5.74, 6) is -0.191. The summed E-state index contributed by atoms with van der Waals surface area (Å²) in [5, 5.41) is 8.38. The van der Waals surface area contributed by atoms with Crippen molar-refractivity contribution in [3.05, 3.63) is 65.5 Å². The molecule has 0 amide bonds. The molecule has 0 spiro atoms. The number of hydrogen-bond donors (Lipinski definition) is 0. The van der Waals surface area contributed by atoms with Crippen molar-refractivity contribution in [2.24, 2.45) is 0 Å². The number of rotatable bonds is 4. The van der Waals surface area contributed by atoms with E-state index in [-0.39, 0.29) is 12.4 Å². The zero-order chi connectivity index (χ0) is 13.7. The zero-order valence-corrected chi connectivity index (χ0v) is 9.97. The number of halogens is 1. The fraction of sp³-hybridized carbons (Fsp3) is 0.0667. The largest absolute Gasteiger partial charge is 0.479 e. The highest BCUT2D eigenvalue weighted by Crippen LogP contribution is 2.16. The highest BCUT2D eigenvalue weighted by molar-refractivity contribution is 6.09. The normalized spacial score (nSPS) is 9.68. The predicted octanol–water partition coefficient (Wildman–Crippen LogP) is 2.96. The topological polar surface area (TPSA) is 50.1 Å². The van der Waals surface area contributed by atoms with Gasteiger partial charge in [-0.3, -0.25) is 4.79 Å². The minimum absolute atomic E-state index is 0.0445. The lowest BCUT2D eigenvalue weighted by Crippen LogP contribution is -2.02. The van der Waals surface area contributed by atoms with Crippen molar-refractivity contribution in [3.8, 4) is 11.8 Å². The number of nitrogens with zero attached hydrogens (tertiary/aromatic N) is 1. The summed E-state index contributed by atoms with van der Waals surface area (Å²) >= 11 is 0. The average Bonchev–Trinajstić information content (AvgIpc) is 2.45. The van der Waals surface area contributed by atoms with E-state index < -0.39 is 5.82 Å². The van der Waals surface area contributed by atoms with Crippen LogP contribution < -0.4 is 4.74 Å². The molecule has 0 aliphatic heterocycles. The first kappa shape index (κ1) is 12.8. The summed E-state index contributed by atoms with van der Waals surface area (Å²) < 4.78 is 18.1. The van der Waals surface area contributed by atoms with Crippen LogP contribution in [-0.4, -0.2) is 12.4 Å². The number of nitriles is 1. The van der Waals surface area contributed by atoms with Crippen LogP contribution in [0.1, 0.15) is 15.9 Å². The van der Waals surface area contributed by atoms with Gasteiger partial charge in [-0.1, -0.05) is 12.1 Å². The minimum atomic E-state index is -0.445. The van der Waals surface area contributed by atoms with Gasteiger partial charge in [0.1, 0.15) is 17.6 Å². The molecule has 0 radical (unpaired) electrons. The van der Waals surface area contributed by atoms with Crippen LogP contribution in [0.4, 0.5) is 4.39 Å². The Morgan fingerprint density at radius 1 is 1.16 bits per heavy atom. The molecule has 0 aliphatic carbocycles. The zero-order valence-electron chi connectivity index (χ0n) is 9.97. The van der Waals surface area contributed by atoms with Crippen molar-refractivity contribution in [1.82, 2.24) is 0 Å². The maximum Gasteiger partial charge on any atom is 0.193 e. The van der Waals surface area contributed by atoms with Gasteiger partial charge >= 0.3 is 0 Å². The number of hydrogen-bond acceptors (Lipinski definition) is 3. The summed E-state index contributed by atoms with van der Waals surface area (Å²) in [6, 6.07) is 13.8. The smallest absolute Gasteiger partial charge is 0.193 e. The molecular formula is C15H10FNO2. The molecule has 4 heteroatoms. The van der Waals surface area contributed by atoms with Gasteiger partial charge in [-0.05, 0) is 36.4 Å². The Morgan fingerprint density at radius 3 is 2.53 bits per heavy atom. The molecule has 0 atom stereocenters. The quantitative estimate of drug-likeness (QED) is 0.789. The molecule has 0 aliphatic rings. The van der Waals surface area contributed by atoms with Gasteiger partial charge in [0.15, 0.2) is 12.4 Å². The van der Waals surface area contributed by atoms with E-state index in [0.717, 1.165) is 0 Å². The number of carbonyl (C=O) groups excluding carboxylic acids is 1. The highest BCUT2D eigenvalue weighted by Gasteiger charge is 2.09. The summed E-state index contributed by atoms with van der Waals surface area (Å²) in [6.45, 7) is -0.0445. The molecule has 0 heterocycles. The number of ketones is 1. The fourth-order valence-corrected chi connectivity index (χ4v) is 1.61. The molecule has 0 saturated carbocycles. The van der Waals surface area contributed by atoms with E-state index in [1.165, 1.54) is 18.2 Å². The van der Waals surface area contributed by atoms with Crippen LogP contribution >= 0.6 is 0 Å². The molecule has 2 aromatic rings. The van der Waals surface area contributed by atoms with Crippen molar-refractivity contribution >= 4 is 5.78 Å². The second kappa shape index (κ2) is 5.78. The van der Waals surface area contributed by atoms with Crippen LogP contribution in [0.15, 0.2) is 48.5 Å². The molecule has 2 rings (SSSR count). The van der Waals surface area contributed by atoms with Crippen LogP contribution in [0.2, 0.25) is 0 Å². The van der Waals surface area contributed by atoms with Gasteiger partial charge in [-0.2, -0.15) is 5.26 Å². The van der Waals surface area contributed by atoms with E-state index >= 15 is 0 Å². The van der Waals surface area contributed by atoms with Crippen LogP contribution in [0.3, 0.4) is 0 Å². The predicted molar refractivity (Wildman–Crippen MR) is 67.4 cm³/mol. The van der Waals surface area contributed by atoms with Crippen molar-refractivity contribution in [3.63, 3.8) is 0 Å². The maximum absolute atomic E-state index is 13.0. The Balaban J connectivity index is 2.18. The fourth-order valence-electron chi connectivity index (χ4n) is 1.61. The number of carbonyl (C=O) groups is 1. The summed E-state index contributed by atoms with van der Waals surface area (Å²) in [7, 11) is 0. The molecule has 0 bridgehead atoms. The van der Waals surface area contributed by atoms with E-state index in [1.807, 2.05) is 6.07 Å². The molecule has 2 aromatic carbocycles. The molecule has 0 fully saturated rings. The second-order valence-electron chi connectivity index (χ2n) is 3.81. The number of ether oxygens (including phenoxy) is 1. The molecule has 94 valence electrons. The Hall–Kier alpha value is -2.67. The Bertz CT molecular complexity index is 629. The lowest BCUT2D eigenvalue weighted by molar-refractivity contribution is 0.103. The van der Waals surface area contributed by atoms with Gasteiger partial charge in [0, 0.05) is 11.1 Å². The average molecular weight is 255 g/mol. The van der Waals surface area contributed by atoms with Gasteiger partial charge in [-0.25, -0.2) is 4.39 Å². The molecule has 0 unspecified atom stereocenters. The monoisotopic (exact) mass is 255 g/mol. The Labute approximate surface area is 109 Å². The first-order valence-corrected chi connectivity index (χ1v) is 5.61. The summed E-state index contributed by atoms with van der Waals surface area (Å²) in [4.78, 5) is 12.1. The SMILES string of the molecule is N#CCOc1ccc(C(=O)c2cccc(F)c2)cc1. The summed E-state index contributed by atoms with van der Waals surface area (Å²) in [5.41, 5.74) is 0.737. The Kier molecular flexibility index (Phi) is 3.89. The first-order valence-electron chi connectivity index (χ1n) is 5.61. The maximum atomic E-state index is 13.0. The van der Waals surface area contributed by atoms with Crippen LogP contribution in [-0.2, 0) is 0 Å². The van der Waals surface area contributed by atoms with Gasteiger partial charge in [0.25, 0.3) is 0 Å². The van der Waals surface area contributed by atoms with Crippen molar-refractivity contribution in [1.29, 1.82) is 5.26 Å². The van der Waals surface area contributed by atoms with Gasteiger partial charge in [0.05, 0.1) is 0 Å². The number of benzene rings is 2. The van der Waals surface area contributed by atoms with E-state index in [1.54, 1.807) is 30.3 Å². The van der Waals surface area contributed by atoms with Gasteiger partial charge in [-0.15, -0.1) is 0 Å². The van der Waals surface area contributed by atoms with Crippen molar-refractivity contribution in [2.45, 2.75) is 0 Å².